The Kier molecular flexibility index (Phi) is 20.0. The van der Waals surface area contributed by atoms with Gasteiger partial charge in [-0.1, -0.05) is 82.7 Å². The number of benzene rings is 2. The zero-order chi connectivity index (χ0) is 49.8. The summed E-state index contributed by atoms with van der Waals surface area (Å²) in [6.07, 6.45) is 1.39. The van der Waals surface area contributed by atoms with Crippen LogP contribution in [0.15, 0.2) is 60.7 Å². The molecule has 4 N–H and O–H groups in total. The number of ether oxygens (including phenoxy) is 4. The Morgan fingerprint density at radius 1 is 0.629 bits per heavy atom. The molecule has 374 valence electrons. The number of aromatic nitrogens is 8. The summed E-state index contributed by atoms with van der Waals surface area (Å²) in [5.74, 6) is 9.85. The molecule has 4 aromatic rings. The summed E-state index contributed by atoms with van der Waals surface area (Å²) in [5.41, 5.74) is 1.92. The molecule has 70 heavy (non-hydrogen) atoms. The maximum Gasteiger partial charge on any atom is 0.335 e. The van der Waals surface area contributed by atoms with Crippen molar-refractivity contribution in [3.05, 3.63) is 71.8 Å². The number of hydrogen-bond acceptors (Lipinski definition) is 16. The van der Waals surface area contributed by atoms with Gasteiger partial charge in [-0.3, -0.25) is 19.2 Å². The minimum Gasteiger partial charge on any atom is -0.458 e. The molecule has 4 heterocycles. The molecule has 2 unspecified atom stereocenters. The Bertz CT molecular complexity index is 2270. The fraction of sp³-hybridized carbons (Fsp3) is 0.542. The number of carbonyl (C=O) groups is 4. The van der Waals surface area contributed by atoms with Crippen molar-refractivity contribution < 1.29 is 38.1 Å². The van der Waals surface area contributed by atoms with Crippen molar-refractivity contribution in [3.8, 4) is 35.7 Å². The second-order valence-corrected chi connectivity index (χ2v) is 17.1. The molecule has 0 bridgehead atoms. The number of nitrogens with one attached hydrogen (secondary N) is 4. The summed E-state index contributed by atoms with van der Waals surface area (Å²) < 4.78 is 26.9. The van der Waals surface area contributed by atoms with Gasteiger partial charge < -0.3 is 50.0 Å². The quantitative estimate of drug-likeness (QED) is 0.0699. The van der Waals surface area contributed by atoms with Gasteiger partial charge in [0.05, 0.1) is 49.5 Å². The average molecular weight is 965 g/mol. The van der Waals surface area contributed by atoms with Crippen molar-refractivity contribution in [3.63, 3.8) is 0 Å². The van der Waals surface area contributed by atoms with Crippen molar-refractivity contribution >= 4 is 23.6 Å². The lowest BCUT2D eigenvalue weighted by Crippen LogP contribution is -2.58. The van der Waals surface area contributed by atoms with Crippen molar-refractivity contribution in [2.24, 2.45) is 0 Å². The van der Waals surface area contributed by atoms with Crippen molar-refractivity contribution in [1.82, 2.24) is 71.5 Å². The van der Waals surface area contributed by atoms with E-state index in [1.807, 2.05) is 60.7 Å². The summed E-state index contributed by atoms with van der Waals surface area (Å²) in [5, 5.41) is 35.5. The van der Waals surface area contributed by atoms with Gasteiger partial charge in [0.25, 0.3) is 0 Å². The minimum absolute atomic E-state index is 0.0843. The summed E-state index contributed by atoms with van der Waals surface area (Å²) in [6.45, 7) is 8.77. The Morgan fingerprint density at radius 2 is 1.03 bits per heavy atom. The number of likely N-dealkylation sites (N-methyl/N-ethyl adjacent to an activating group) is 2. The Labute approximate surface area is 408 Å². The Hall–Kier alpha value is -6.98. The number of tetrazole rings is 2. The van der Waals surface area contributed by atoms with Crippen molar-refractivity contribution in [2.45, 2.75) is 128 Å². The minimum atomic E-state index is -1.02. The lowest BCUT2D eigenvalue weighted by molar-refractivity contribution is -0.142. The normalized spacial score (nSPS) is 18.0. The van der Waals surface area contributed by atoms with Gasteiger partial charge >= 0.3 is 12.0 Å². The average Bonchev–Trinajstić information content (AvgIpc) is 4.23. The molecule has 0 aliphatic carbocycles. The lowest BCUT2D eigenvalue weighted by Gasteiger charge is -2.32. The van der Waals surface area contributed by atoms with Gasteiger partial charge in [0.2, 0.25) is 23.6 Å². The first kappa shape index (κ1) is 52.4. The molecule has 2 aromatic heterocycles. The van der Waals surface area contributed by atoms with E-state index in [0.717, 1.165) is 24.0 Å². The van der Waals surface area contributed by atoms with Gasteiger partial charge in [-0.05, 0) is 111 Å². The third-order valence-corrected chi connectivity index (χ3v) is 12.3. The molecular formula is C48H64N14O8. The van der Waals surface area contributed by atoms with Crippen LogP contribution in [0.5, 0.6) is 12.0 Å². The number of likely N-dealkylation sites (tertiary alicyclic amines) is 2. The van der Waals surface area contributed by atoms with E-state index < -0.39 is 36.4 Å². The van der Waals surface area contributed by atoms with Gasteiger partial charge in [0, 0.05) is 13.1 Å². The molecule has 4 amide bonds. The van der Waals surface area contributed by atoms with E-state index in [9.17, 15) is 19.2 Å². The van der Waals surface area contributed by atoms with E-state index in [1.165, 1.54) is 0 Å². The molecule has 2 saturated heterocycles. The first-order valence-electron chi connectivity index (χ1n) is 23.6. The van der Waals surface area contributed by atoms with Gasteiger partial charge in [-0.15, -0.1) is 0 Å². The number of carbonyl (C=O) groups excluding carboxylic acids is 4. The van der Waals surface area contributed by atoms with Gasteiger partial charge in [0.15, 0.2) is 0 Å². The summed E-state index contributed by atoms with van der Waals surface area (Å²) in [7, 11) is 3.32. The molecule has 8 atom stereocenters. The van der Waals surface area contributed by atoms with Crippen LogP contribution < -0.4 is 30.7 Å². The molecule has 6 rings (SSSR count). The van der Waals surface area contributed by atoms with Crippen LogP contribution in [0.1, 0.15) is 64.5 Å². The second-order valence-electron chi connectivity index (χ2n) is 17.1. The van der Waals surface area contributed by atoms with Crippen LogP contribution in [0.4, 0.5) is 0 Å². The molecule has 0 saturated carbocycles. The second kappa shape index (κ2) is 26.7. The molecule has 2 aliphatic heterocycles. The standard InChI is InChI=1S/C48H64N14O8/c1-33(49-5)43(63)51-41(45(65)59-25-17-23-39(59)29-61-47(53-55-57-61)69-31-37-19-11-9-12-20-37)35(3)67-27-15-7-8-16-28-68-36(4)42(52-44(64)34(2)50-6)46(66)60-26-18-24-40(60)30-62-48(54-56-58-62)70-32-38-21-13-10-14-22-38/h9-14,19-22,33-36,39-42,49-50H,17-18,23-32H2,1-6H3,(H,51,63)(H,52,64)/t33-,34-,35+,36+,39-,40-,41?,42?/m0/s1. The first-order valence-corrected chi connectivity index (χ1v) is 23.6. The van der Waals surface area contributed by atoms with Crippen LogP contribution >= 0.6 is 0 Å². The van der Waals surface area contributed by atoms with Gasteiger partial charge in [-0.2, -0.15) is 9.36 Å². The Balaban J connectivity index is 1.03. The van der Waals surface area contributed by atoms with Gasteiger partial charge in [-0.25, -0.2) is 0 Å². The topological polar surface area (TPSA) is 247 Å². The van der Waals surface area contributed by atoms with E-state index >= 15 is 0 Å². The van der Waals surface area contributed by atoms with E-state index in [2.05, 4.69) is 76.0 Å². The van der Waals surface area contributed by atoms with Crippen molar-refractivity contribution in [1.29, 1.82) is 0 Å². The van der Waals surface area contributed by atoms with Crippen LogP contribution in [-0.4, -0.2) is 163 Å². The first-order chi connectivity index (χ1) is 34.0. The number of amides is 4. The fourth-order valence-corrected chi connectivity index (χ4v) is 7.94. The third-order valence-electron chi connectivity index (χ3n) is 12.3. The maximum absolute atomic E-state index is 14.2. The summed E-state index contributed by atoms with van der Waals surface area (Å²) in [6, 6.07) is 16.1. The van der Waals surface area contributed by atoms with Crippen molar-refractivity contribution in [2.75, 3.05) is 40.4 Å². The molecule has 0 spiro atoms. The Morgan fingerprint density at radius 3 is 1.41 bits per heavy atom. The monoisotopic (exact) mass is 965 g/mol. The highest BCUT2D eigenvalue weighted by Gasteiger charge is 2.40. The van der Waals surface area contributed by atoms with Crippen LogP contribution in [0.25, 0.3) is 0 Å². The molecule has 2 fully saturated rings. The maximum atomic E-state index is 14.2. The smallest absolute Gasteiger partial charge is 0.335 e. The van der Waals surface area contributed by atoms with E-state index in [-0.39, 0.29) is 74.2 Å². The highest BCUT2D eigenvalue weighted by molar-refractivity contribution is 5.91. The molecule has 22 nitrogen and oxygen atoms in total. The van der Waals surface area contributed by atoms with E-state index in [0.29, 0.717) is 39.0 Å². The molecule has 0 radical (unpaired) electrons. The SMILES string of the molecule is CN[C@@H](C)C(=O)NC(C(=O)N1CCC[C@H]1Cn1nnnc1OCc1ccccc1)[C@@H](C)OCC#CC#CCO[C@H](C)C(NC(=O)[C@H](C)NC)C(=O)N1CCC[C@H]1Cn1nnnc1OCc1ccccc1. The largest absolute Gasteiger partial charge is 0.458 e. The molecular weight excluding hydrogens is 901 g/mol. The van der Waals surface area contributed by atoms with Crippen LogP contribution in [0.2, 0.25) is 0 Å². The van der Waals surface area contributed by atoms with Crippen LogP contribution in [0.3, 0.4) is 0 Å². The highest BCUT2D eigenvalue weighted by atomic mass is 16.5. The molecule has 22 heteroatoms. The summed E-state index contributed by atoms with van der Waals surface area (Å²) in [4.78, 5) is 58.2. The third kappa shape index (κ3) is 14.8. The number of rotatable bonds is 24. The van der Waals surface area contributed by atoms with E-state index in [4.69, 9.17) is 18.9 Å². The lowest BCUT2D eigenvalue weighted by atomic mass is 10.1. The molecule has 2 aromatic carbocycles. The van der Waals surface area contributed by atoms with Gasteiger partial charge in [0.1, 0.15) is 38.5 Å². The predicted molar refractivity (Wildman–Crippen MR) is 254 cm³/mol. The van der Waals surface area contributed by atoms with E-state index in [1.54, 1.807) is 61.0 Å². The zero-order valence-corrected chi connectivity index (χ0v) is 40.6. The van der Waals surface area contributed by atoms with Crippen LogP contribution in [-0.2, 0) is 55.0 Å². The number of nitrogens with zero attached hydrogens (tertiary/aromatic N) is 10. The van der Waals surface area contributed by atoms with Crippen LogP contribution in [0, 0.1) is 23.7 Å². The zero-order valence-electron chi connectivity index (χ0n) is 40.6. The predicted octanol–water partition coefficient (Wildman–Crippen LogP) is 0.502. The summed E-state index contributed by atoms with van der Waals surface area (Å²) >= 11 is 0. The number of hydrogen-bond donors (Lipinski definition) is 4. The highest BCUT2D eigenvalue weighted by Crippen LogP contribution is 2.24. The fourth-order valence-electron chi connectivity index (χ4n) is 7.94. The molecule has 2 aliphatic rings.